The van der Waals surface area contributed by atoms with Gasteiger partial charge in [0.2, 0.25) is 0 Å². The van der Waals surface area contributed by atoms with Crippen LogP contribution >= 0.6 is 11.6 Å². The van der Waals surface area contributed by atoms with Crippen molar-refractivity contribution in [2.75, 3.05) is 13.2 Å². The number of nitrogens with zero attached hydrogens (tertiary/aromatic N) is 1. The zero-order valence-corrected chi connectivity index (χ0v) is 16.0. The van der Waals surface area contributed by atoms with E-state index in [2.05, 4.69) is 5.32 Å². The lowest BCUT2D eigenvalue weighted by Gasteiger charge is -2.17. The first kappa shape index (κ1) is 20.2. The number of fused-ring (bicyclic) bond motifs is 9. The van der Waals surface area contributed by atoms with Gasteiger partial charge in [-0.15, -0.1) is 0 Å². The second kappa shape index (κ2) is 9.13. The summed E-state index contributed by atoms with van der Waals surface area (Å²) in [6.45, 7) is 0.422. The molecule has 2 aliphatic rings. The quantitative estimate of drug-likeness (QED) is 0.697. The number of aliphatic carboxylic acids is 1. The summed E-state index contributed by atoms with van der Waals surface area (Å²) in [5, 5.41) is 21.5. The second-order valence-corrected chi connectivity index (χ2v) is 6.66. The molecular formula is C21H17ClN2O5. The summed E-state index contributed by atoms with van der Waals surface area (Å²) in [6, 6.07) is 10.1. The Morgan fingerprint density at radius 3 is 2.48 bits per heavy atom. The molecule has 0 aliphatic carbocycles. The molecule has 0 fully saturated rings. The lowest BCUT2D eigenvalue weighted by molar-refractivity contribution is -0.139. The molecule has 29 heavy (non-hydrogen) atoms. The van der Waals surface area contributed by atoms with Crippen LogP contribution < -0.4 is 14.8 Å². The third kappa shape index (κ3) is 5.06. The number of nitriles is 1. The number of ether oxygens (including phenoxy) is 2. The largest absolute Gasteiger partial charge is 0.489 e. The number of hydrogen-bond donors (Lipinski definition) is 2. The van der Waals surface area contributed by atoms with Gasteiger partial charge in [0.1, 0.15) is 30.8 Å². The Balaban J connectivity index is 1.98. The summed E-state index contributed by atoms with van der Waals surface area (Å²) in [6.07, 6.45) is 3.49. The van der Waals surface area contributed by atoms with Crippen LogP contribution in [0.2, 0.25) is 5.02 Å². The van der Waals surface area contributed by atoms with Gasteiger partial charge in [0.15, 0.2) is 0 Å². The number of carboxylic acids is 1. The Morgan fingerprint density at radius 2 is 1.83 bits per heavy atom. The van der Waals surface area contributed by atoms with Crippen LogP contribution in [0.5, 0.6) is 11.5 Å². The highest BCUT2D eigenvalue weighted by atomic mass is 35.5. The van der Waals surface area contributed by atoms with Crippen LogP contribution in [0.15, 0.2) is 48.6 Å². The van der Waals surface area contributed by atoms with Crippen molar-refractivity contribution in [3.63, 3.8) is 0 Å². The summed E-state index contributed by atoms with van der Waals surface area (Å²) in [5.74, 6) is -1.13. The third-order valence-corrected chi connectivity index (χ3v) is 4.52. The highest BCUT2D eigenvalue weighted by molar-refractivity contribution is 6.32. The van der Waals surface area contributed by atoms with Crippen LogP contribution in [0.25, 0.3) is 0 Å². The number of rotatable bonds is 1. The molecule has 0 radical (unpaired) electrons. The van der Waals surface area contributed by atoms with Crippen molar-refractivity contribution < 1.29 is 24.2 Å². The van der Waals surface area contributed by atoms with Crippen LogP contribution in [0, 0.1) is 11.3 Å². The van der Waals surface area contributed by atoms with E-state index in [0.717, 1.165) is 0 Å². The van der Waals surface area contributed by atoms with Crippen molar-refractivity contribution in [2.24, 2.45) is 0 Å². The first-order valence-electron chi connectivity index (χ1n) is 8.75. The molecule has 8 heteroatoms. The first-order chi connectivity index (χ1) is 14.0. The van der Waals surface area contributed by atoms with Crippen LogP contribution in [0.3, 0.4) is 0 Å². The number of carboxylic acid groups (broad SMARTS) is 1. The van der Waals surface area contributed by atoms with Crippen molar-refractivity contribution in [3.8, 4) is 17.6 Å². The van der Waals surface area contributed by atoms with E-state index in [1.165, 1.54) is 18.2 Å². The molecule has 0 unspecified atom stereocenters. The minimum Gasteiger partial charge on any atom is -0.489 e. The van der Waals surface area contributed by atoms with Gasteiger partial charge in [-0.3, -0.25) is 4.79 Å². The second-order valence-electron chi connectivity index (χ2n) is 6.25. The van der Waals surface area contributed by atoms with Crippen molar-refractivity contribution in [1.82, 2.24) is 5.32 Å². The van der Waals surface area contributed by atoms with Gasteiger partial charge in [0, 0.05) is 6.42 Å². The molecule has 0 aromatic heterocycles. The molecule has 0 saturated heterocycles. The maximum absolute atomic E-state index is 12.8. The molecule has 0 saturated carbocycles. The van der Waals surface area contributed by atoms with E-state index in [1.54, 1.807) is 30.4 Å². The topological polar surface area (TPSA) is 109 Å². The Labute approximate surface area is 172 Å². The minimum atomic E-state index is -1.20. The monoisotopic (exact) mass is 412 g/mol. The van der Waals surface area contributed by atoms with Crippen molar-refractivity contribution in [2.45, 2.75) is 12.5 Å². The van der Waals surface area contributed by atoms with Crippen molar-refractivity contribution >= 4 is 23.5 Å². The molecule has 148 valence electrons. The smallest absolute Gasteiger partial charge is 0.326 e. The fourth-order valence-corrected chi connectivity index (χ4v) is 3.03. The number of halogens is 1. The maximum atomic E-state index is 12.8. The van der Waals surface area contributed by atoms with Crippen molar-refractivity contribution in [1.29, 1.82) is 5.26 Å². The minimum absolute atomic E-state index is 0.0229. The van der Waals surface area contributed by atoms with Gasteiger partial charge in [-0.05, 0) is 48.0 Å². The number of benzene rings is 2. The van der Waals surface area contributed by atoms with E-state index in [-0.39, 0.29) is 36.5 Å². The molecule has 2 heterocycles. The number of hydrogen-bond acceptors (Lipinski definition) is 5. The first-order valence-corrected chi connectivity index (χ1v) is 9.12. The highest BCUT2D eigenvalue weighted by Gasteiger charge is 2.24. The van der Waals surface area contributed by atoms with Gasteiger partial charge >= 0.3 is 5.97 Å². The number of nitrogens with one attached hydrogen (secondary N) is 1. The van der Waals surface area contributed by atoms with Crippen LogP contribution in [0.1, 0.15) is 21.5 Å². The molecular weight excluding hydrogens is 396 g/mol. The van der Waals surface area contributed by atoms with Crippen LogP contribution in [-0.4, -0.2) is 36.2 Å². The molecule has 2 aliphatic heterocycles. The van der Waals surface area contributed by atoms with E-state index in [1.807, 2.05) is 6.07 Å². The summed E-state index contributed by atoms with van der Waals surface area (Å²) >= 11 is 6.21. The van der Waals surface area contributed by atoms with E-state index >= 15 is 0 Å². The third-order valence-electron chi connectivity index (χ3n) is 4.23. The standard InChI is InChI=1S/C21H17ClN2O5/c22-16-10-13-3-6-19(16)29-8-2-1-7-28-18-5-4-14(12-23)9-15(18)20(25)24-17(11-13)21(26)27/h1-6,9-10,17H,7-8,11H2,(H,24,25)(H,26,27)/b2-1+/t17-/m0/s1. The zero-order chi connectivity index (χ0) is 20.8. The SMILES string of the molecule is N#Cc1ccc2c(c1)C(=O)N[C@H](C(=O)O)Cc1ccc(c(Cl)c1)OC/C=C/CO2. The Morgan fingerprint density at radius 1 is 1.14 bits per heavy atom. The summed E-state index contributed by atoms with van der Waals surface area (Å²) in [5.41, 5.74) is 0.968. The number of carbonyl (C=O) groups excluding carboxylic acids is 1. The van der Waals surface area contributed by atoms with Gasteiger partial charge in [-0.1, -0.05) is 17.7 Å². The lowest BCUT2D eigenvalue weighted by atomic mass is 10.0. The fraction of sp³-hybridized carbons (Fsp3) is 0.190. The molecule has 2 bridgehead atoms. The molecule has 1 amide bonds. The average molecular weight is 413 g/mol. The van der Waals surface area contributed by atoms with Crippen molar-refractivity contribution in [3.05, 3.63) is 70.3 Å². The van der Waals surface area contributed by atoms with Gasteiger partial charge < -0.3 is 19.9 Å². The van der Waals surface area contributed by atoms with Crippen LogP contribution in [0.4, 0.5) is 0 Å². The van der Waals surface area contributed by atoms with Crippen LogP contribution in [-0.2, 0) is 11.2 Å². The van der Waals surface area contributed by atoms with Gasteiger partial charge in [-0.25, -0.2) is 4.79 Å². The van der Waals surface area contributed by atoms with E-state index in [9.17, 15) is 14.7 Å². The summed E-state index contributed by atoms with van der Waals surface area (Å²) < 4.78 is 11.2. The van der Waals surface area contributed by atoms with Gasteiger partial charge in [-0.2, -0.15) is 5.26 Å². The van der Waals surface area contributed by atoms with Gasteiger partial charge in [0.25, 0.3) is 5.91 Å². The molecule has 2 aromatic carbocycles. The van der Waals surface area contributed by atoms with E-state index < -0.39 is 17.9 Å². The molecule has 0 spiro atoms. The van der Waals surface area contributed by atoms with E-state index in [4.69, 9.17) is 26.3 Å². The Hall–Kier alpha value is -3.50. The van der Waals surface area contributed by atoms with E-state index in [0.29, 0.717) is 16.3 Å². The number of carbonyl (C=O) groups is 2. The predicted octanol–water partition coefficient (Wildman–Crippen LogP) is 2.96. The Kier molecular flexibility index (Phi) is 6.37. The lowest BCUT2D eigenvalue weighted by Crippen LogP contribution is -2.42. The molecule has 2 N–H and O–H groups in total. The molecule has 4 rings (SSSR count). The van der Waals surface area contributed by atoms with Gasteiger partial charge in [0.05, 0.1) is 22.2 Å². The normalized spacial score (nSPS) is 17.8. The highest BCUT2D eigenvalue weighted by Crippen LogP contribution is 2.26. The summed E-state index contributed by atoms with van der Waals surface area (Å²) in [7, 11) is 0. The predicted molar refractivity (Wildman–Crippen MR) is 105 cm³/mol. The zero-order valence-electron chi connectivity index (χ0n) is 15.2. The number of amides is 1. The molecule has 2 aromatic rings. The Bertz CT molecular complexity index is 1010. The molecule has 1 atom stereocenters. The average Bonchev–Trinajstić information content (AvgIpc) is 2.70. The summed E-state index contributed by atoms with van der Waals surface area (Å²) in [4.78, 5) is 24.5. The molecule has 7 nitrogen and oxygen atoms in total. The fourth-order valence-electron chi connectivity index (χ4n) is 2.77. The maximum Gasteiger partial charge on any atom is 0.326 e.